The van der Waals surface area contributed by atoms with Gasteiger partial charge in [-0.3, -0.25) is 4.98 Å². The quantitative estimate of drug-likeness (QED) is 0.402. The molecule has 4 aromatic rings. The first-order chi connectivity index (χ1) is 17.9. The smallest absolute Gasteiger partial charge is 0.243 e. The molecule has 5 rings (SSSR count). The number of piperidine rings is 1. The van der Waals surface area contributed by atoms with E-state index in [0.717, 1.165) is 39.7 Å². The molecular formula is C28H22FN5O2S. The summed E-state index contributed by atoms with van der Waals surface area (Å²) >= 11 is 0. The summed E-state index contributed by atoms with van der Waals surface area (Å²) in [5.41, 5.74) is 3.07. The molecule has 0 spiro atoms. The number of benzene rings is 3. The van der Waals surface area contributed by atoms with Crippen molar-refractivity contribution >= 4 is 26.5 Å². The number of aromatic nitrogens is 1. The highest BCUT2D eigenvalue weighted by Gasteiger charge is 2.30. The van der Waals surface area contributed by atoms with Crippen LogP contribution in [0.2, 0.25) is 0 Å². The van der Waals surface area contributed by atoms with E-state index in [1.807, 2.05) is 30.3 Å². The maximum atomic E-state index is 13.7. The van der Waals surface area contributed by atoms with Gasteiger partial charge in [0.2, 0.25) is 10.0 Å². The summed E-state index contributed by atoms with van der Waals surface area (Å²) in [5, 5.41) is 23.9. The molecule has 1 saturated heterocycles. The second kappa shape index (κ2) is 9.98. The van der Waals surface area contributed by atoms with Gasteiger partial charge in [-0.2, -0.15) is 14.8 Å². The highest BCUT2D eigenvalue weighted by Crippen LogP contribution is 2.33. The molecule has 0 radical (unpaired) electrons. The van der Waals surface area contributed by atoms with Gasteiger partial charge in [-0.05, 0) is 77.9 Å². The van der Waals surface area contributed by atoms with Crippen molar-refractivity contribution in [3.05, 3.63) is 90.0 Å². The van der Waals surface area contributed by atoms with Gasteiger partial charge in [-0.25, -0.2) is 12.8 Å². The van der Waals surface area contributed by atoms with Crippen LogP contribution in [0.4, 0.5) is 10.1 Å². The SMILES string of the molecule is N#Cc1cccc(-c2cc(NC3CCN(S(=O)(=O)c4ccc(F)c(C#N)c4)CC3)c3cnccc3c2)c1. The maximum Gasteiger partial charge on any atom is 0.243 e. The van der Waals surface area contributed by atoms with E-state index >= 15 is 0 Å². The lowest BCUT2D eigenvalue weighted by molar-refractivity contribution is 0.330. The Labute approximate surface area is 214 Å². The Morgan fingerprint density at radius 3 is 2.54 bits per heavy atom. The van der Waals surface area contributed by atoms with E-state index in [9.17, 15) is 18.1 Å². The fourth-order valence-corrected chi connectivity index (χ4v) is 6.11. The molecule has 7 nitrogen and oxygen atoms in total. The second-order valence-corrected chi connectivity index (χ2v) is 10.8. The summed E-state index contributed by atoms with van der Waals surface area (Å²) in [4.78, 5) is 4.19. The van der Waals surface area contributed by atoms with Gasteiger partial charge in [-0.15, -0.1) is 0 Å². The first kappa shape index (κ1) is 24.4. The van der Waals surface area contributed by atoms with E-state index in [1.165, 1.54) is 10.4 Å². The maximum absolute atomic E-state index is 13.7. The summed E-state index contributed by atoms with van der Waals surface area (Å²) in [5.74, 6) is -0.743. The lowest BCUT2D eigenvalue weighted by Gasteiger charge is -2.32. The van der Waals surface area contributed by atoms with Crippen molar-refractivity contribution in [2.45, 2.75) is 23.8 Å². The molecular weight excluding hydrogens is 489 g/mol. The Morgan fingerprint density at radius 1 is 0.973 bits per heavy atom. The second-order valence-electron chi connectivity index (χ2n) is 8.89. The Morgan fingerprint density at radius 2 is 1.78 bits per heavy atom. The number of anilines is 1. The molecule has 184 valence electrons. The number of nitrogens with zero attached hydrogens (tertiary/aromatic N) is 4. The van der Waals surface area contributed by atoms with Crippen LogP contribution in [0.1, 0.15) is 24.0 Å². The molecule has 1 fully saturated rings. The molecule has 9 heteroatoms. The number of nitriles is 2. The third kappa shape index (κ3) is 4.88. The van der Waals surface area contributed by atoms with Crippen molar-refractivity contribution in [1.82, 2.24) is 9.29 Å². The molecule has 1 aliphatic rings. The van der Waals surface area contributed by atoms with Gasteiger partial charge >= 0.3 is 0 Å². The molecule has 1 N–H and O–H groups in total. The summed E-state index contributed by atoms with van der Waals surface area (Å²) < 4.78 is 41.3. The van der Waals surface area contributed by atoms with Crippen LogP contribution in [-0.4, -0.2) is 36.8 Å². The molecule has 0 unspecified atom stereocenters. The number of rotatable bonds is 5. The van der Waals surface area contributed by atoms with E-state index in [4.69, 9.17) is 5.26 Å². The molecule has 0 saturated carbocycles. The van der Waals surface area contributed by atoms with Gasteiger partial charge < -0.3 is 5.32 Å². The molecule has 3 aromatic carbocycles. The number of fused-ring (bicyclic) bond motifs is 1. The molecule has 37 heavy (non-hydrogen) atoms. The normalized spacial score (nSPS) is 14.7. The fraction of sp³-hybridized carbons (Fsp3) is 0.179. The van der Waals surface area contributed by atoms with Crippen LogP contribution in [0.15, 0.2) is 78.0 Å². The summed E-state index contributed by atoms with van der Waals surface area (Å²) in [7, 11) is -3.84. The Balaban J connectivity index is 1.37. The third-order valence-electron chi connectivity index (χ3n) is 6.59. The zero-order valence-corrected chi connectivity index (χ0v) is 20.5. The van der Waals surface area contributed by atoms with Crippen LogP contribution in [0.5, 0.6) is 0 Å². The summed E-state index contributed by atoms with van der Waals surface area (Å²) in [6.07, 6.45) is 4.68. The van der Waals surface area contributed by atoms with Crippen molar-refractivity contribution in [3.63, 3.8) is 0 Å². The average Bonchev–Trinajstić information content (AvgIpc) is 2.93. The lowest BCUT2D eigenvalue weighted by Crippen LogP contribution is -2.42. The number of halogens is 1. The zero-order chi connectivity index (χ0) is 26.0. The van der Waals surface area contributed by atoms with Crippen LogP contribution < -0.4 is 5.32 Å². The minimum absolute atomic E-state index is 0.0263. The predicted octanol–water partition coefficient (Wildman–Crippen LogP) is 5.05. The van der Waals surface area contributed by atoms with Gasteiger partial charge in [0, 0.05) is 42.6 Å². The lowest BCUT2D eigenvalue weighted by atomic mass is 9.98. The molecule has 1 aliphatic heterocycles. The first-order valence-electron chi connectivity index (χ1n) is 11.7. The zero-order valence-electron chi connectivity index (χ0n) is 19.7. The number of pyridine rings is 1. The number of hydrogen-bond acceptors (Lipinski definition) is 6. The van der Waals surface area contributed by atoms with Gasteiger partial charge in [-0.1, -0.05) is 12.1 Å². The van der Waals surface area contributed by atoms with Crippen molar-refractivity contribution in [3.8, 4) is 23.3 Å². The van der Waals surface area contributed by atoms with E-state index in [1.54, 1.807) is 24.5 Å². The highest BCUT2D eigenvalue weighted by atomic mass is 32.2. The van der Waals surface area contributed by atoms with E-state index in [-0.39, 0.29) is 16.5 Å². The van der Waals surface area contributed by atoms with Crippen LogP contribution in [0.25, 0.3) is 21.9 Å². The topological polar surface area (TPSA) is 110 Å². The van der Waals surface area contributed by atoms with Crippen LogP contribution >= 0.6 is 0 Å². The average molecular weight is 512 g/mol. The van der Waals surface area contributed by atoms with Crippen LogP contribution in [0, 0.1) is 28.5 Å². The molecule has 0 atom stereocenters. The van der Waals surface area contributed by atoms with Crippen molar-refractivity contribution < 1.29 is 12.8 Å². The molecule has 0 bridgehead atoms. The molecule has 0 aliphatic carbocycles. The predicted molar refractivity (Wildman–Crippen MR) is 138 cm³/mol. The van der Waals surface area contributed by atoms with Crippen molar-refractivity contribution in [2.75, 3.05) is 18.4 Å². The Hall–Kier alpha value is -4.31. The standard InChI is InChI=1S/C28H22FN5O2S/c29-27-5-4-25(14-23(27)17-31)37(35,36)34-10-7-24(8-11-34)33-28-15-22(13-21-6-9-32-18-26(21)28)20-3-1-2-19(12-20)16-30/h1-6,9,12-15,18,24,33H,7-8,10-11H2. The monoisotopic (exact) mass is 511 g/mol. The van der Waals surface area contributed by atoms with Crippen molar-refractivity contribution in [2.24, 2.45) is 0 Å². The van der Waals surface area contributed by atoms with Crippen LogP contribution in [-0.2, 0) is 10.0 Å². The van der Waals surface area contributed by atoms with Crippen molar-refractivity contribution in [1.29, 1.82) is 10.5 Å². The summed E-state index contributed by atoms with van der Waals surface area (Å²) in [6.45, 7) is 0.582. The molecule has 2 heterocycles. The van der Waals surface area contributed by atoms with Crippen LogP contribution in [0.3, 0.4) is 0 Å². The molecule has 1 aromatic heterocycles. The Kier molecular flexibility index (Phi) is 6.58. The van der Waals surface area contributed by atoms with Gasteiger partial charge in [0.1, 0.15) is 11.9 Å². The fourth-order valence-electron chi connectivity index (χ4n) is 4.61. The van der Waals surface area contributed by atoms with E-state index in [2.05, 4.69) is 22.4 Å². The number of hydrogen-bond donors (Lipinski definition) is 1. The number of nitrogens with one attached hydrogen (secondary N) is 1. The largest absolute Gasteiger partial charge is 0.382 e. The molecule has 0 amide bonds. The number of sulfonamides is 1. The third-order valence-corrected chi connectivity index (χ3v) is 8.49. The minimum atomic E-state index is -3.84. The van der Waals surface area contributed by atoms with E-state index in [0.29, 0.717) is 31.5 Å². The highest BCUT2D eigenvalue weighted by molar-refractivity contribution is 7.89. The van der Waals surface area contributed by atoms with Gasteiger partial charge in [0.15, 0.2) is 0 Å². The Bertz CT molecular complexity index is 1680. The van der Waals surface area contributed by atoms with Gasteiger partial charge in [0.05, 0.1) is 22.1 Å². The minimum Gasteiger partial charge on any atom is -0.382 e. The first-order valence-corrected chi connectivity index (χ1v) is 13.2. The summed E-state index contributed by atoms with van der Waals surface area (Å²) in [6, 6.07) is 20.7. The van der Waals surface area contributed by atoms with Gasteiger partial charge in [0.25, 0.3) is 0 Å². The van der Waals surface area contributed by atoms with E-state index < -0.39 is 15.8 Å².